The number of ether oxygens (including phenoxy) is 1. The van der Waals surface area contributed by atoms with E-state index in [9.17, 15) is 0 Å². The number of hydrogen-bond donors (Lipinski definition) is 2. The van der Waals surface area contributed by atoms with Gasteiger partial charge in [0.05, 0.1) is 13.3 Å². The molecule has 130 valence electrons. The summed E-state index contributed by atoms with van der Waals surface area (Å²) < 4.78 is 5.32. The minimum atomic E-state index is 0.00991. The van der Waals surface area contributed by atoms with Gasteiger partial charge in [-0.2, -0.15) is 0 Å². The second-order valence-corrected chi connectivity index (χ2v) is 6.34. The Morgan fingerprint density at radius 3 is 2.46 bits per heavy atom. The van der Waals surface area contributed by atoms with E-state index in [-0.39, 0.29) is 6.04 Å². The van der Waals surface area contributed by atoms with Gasteiger partial charge in [0.15, 0.2) is 0 Å². The molecule has 3 N–H and O–H groups in total. The molecular weight excluding hydrogens is 322 g/mol. The highest BCUT2D eigenvalue weighted by Gasteiger charge is 2.25. The van der Waals surface area contributed by atoms with Crippen LogP contribution >= 0.6 is 0 Å². The van der Waals surface area contributed by atoms with Crippen LogP contribution in [0.15, 0.2) is 72.9 Å². The largest absolute Gasteiger partial charge is 0.497 e. The molecule has 0 aliphatic heterocycles. The first kappa shape index (κ1) is 16.2. The molecule has 4 rings (SSSR count). The van der Waals surface area contributed by atoms with Gasteiger partial charge in [0.25, 0.3) is 5.82 Å². The fourth-order valence-electron chi connectivity index (χ4n) is 3.43. The van der Waals surface area contributed by atoms with Gasteiger partial charge in [0.1, 0.15) is 11.8 Å². The van der Waals surface area contributed by atoms with E-state index < -0.39 is 0 Å². The van der Waals surface area contributed by atoms with E-state index in [1.807, 2.05) is 36.5 Å². The number of rotatable bonds is 5. The number of anilines is 1. The number of hydrogen-bond acceptors (Lipinski definition) is 2. The molecule has 0 bridgehead atoms. The van der Waals surface area contributed by atoms with Gasteiger partial charge in [0, 0.05) is 33.8 Å². The average Bonchev–Trinajstić information content (AvgIpc) is 3.03. The monoisotopic (exact) mass is 344 g/mol. The fraction of sp³-hybridized carbons (Fsp3) is 0.136. The van der Waals surface area contributed by atoms with Crippen molar-refractivity contribution in [3.63, 3.8) is 0 Å². The second kappa shape index (κ2) is 6.92. The van der Waals surface area contributed by atoms with Gasteiger partial charge in [-0.05, 0) is 31.2 Å². The summed E-state index contributed by atoms with van der Waals surface area (Å²) in [6.07, 6.45) is 1.93. The highest BCUT2D eigenvalue weighted by atomic mass is 16.5. The van der Waals surface area contributed by atoms with E-state index in [1.165, 1.54) is 16.5 Å². The van der Waals surface area contributed by atoms with E-state index in [4.69, 9.17) is 4.74 Å². The highest BCUT2D eigenvalue weighted by molar-refractivity contribution is 5.86. The lowest BCUT2D eigenvalue weighted by Gasteiger charge is -2.16. The van der Waals surface area contributed by atoms with Crippen molar-refractivity contribution in [3.05, 3.63) is 89.7 Å². The lowest BCUT2D eigenvalue weighted by Crippen LogP contribution is -2.19. The van der Waals surface area contributed by atoms with Crippen LogP contribution in [0.5, 0.6) is 5.75 Å². The SMILES string of the molecule is COc1ccc([C@H](Nc2cccc[nH+]2)c2c(C)[nH]c3ccccc23)cc1. The lowest BCUT2D eigenvalue weighted by molar-refractivity contribution is -0.361. The van der Waals surface area contributed by atoms with Crippen molar-refractivity contribution in [2.24, 2.45) is 0 Å². The van der Waals surface area contributed by atoms with Gasteiger partial charge in [0.2, 0.25) is 0 Å². The maximum Gasteiger partial charge on any atom is 0.272 e. The molecule has 0 saturated carbocycles. The minimum Gasteiger partial charge on any atom is -0.497 e. The Hall–Kier alpha value is -3.27. The van der Waals surface area contributed by atoms with Gasteiger partial charge >= 0.3 is 0 Å². The molecule has 0 spiro atoms. The van der Waals surface area contributed by atoms with Crippen LogP contribution in [0, 0.1) is 6.92 Å². The Morgan fingerprint density at radius 2 is 1.73 bits per heavy atom. The topological polar surface area (TPSA) is 51.2 Å². The predicted octanol–water partition coefficient (Wildman–Crippen LogP) is 4.50. The maximum atomic E-state index is 5.32. The first-order valence-corrected chi connectivity index (χ1v) is 8.70. The predicted molar refractivity (Wildman–Crippen MR) is 104 cm³/mol. The Morgan fingerprint density at radius 1 is 0.962 bits per heavy atom. The third-order valence-electron chi connectivity index (χ3n) is 4.69. The normalized spacial score (nSPS) is 12.1. The molecule has 26 heavy (non-hydrogen) atoms. The molecule has 0 saturated heterocycles. The number of aromatic nitrogens is 2. The minimum absolute atomic E-state index is 0.00991. The zero-order valence-electron chi connectivity index (χ0n) is 14.9. The van der Waals surface area contributed by atoms with Crippen LogP contribution in [-0.2, 0) is 0 Å². The van der Waals surface area contributed by atoms with Crippen LogP contribution in [0.2, 0.25) is 0 Å². The van der Waals surface area contributed by atoms with Crippen molar-refractivity contribution in [3.8, 4) is 5.75 Å². The van der Waals surface area contributed by atoms with Crippen LogP contribution < -0.4 is 15.0 Å². The quantitative estimate of drug-likeness (QED) is 0.560. The number of aromatic amines is 2. The van der Waals surface area contributed by atoms with Crippen LogP contribution in [0.4, 0.5) is 5.82 Å². The third-order valence-corrected chi connectivity index (χ3v) is 4.69. The molecule has 4 heteroatoms. The van der Waals surface area contributed by atoms with E-state index in [2.05, 4.69) is 58.6 Å². The summed E-state index contributed by atoms with van der Waals surface area (Å²) in [6, 6.07) is 22.7. The van der Waals surface area contributed by atoms with E-state index in [0.29, 0.717) is 0 Å². The third kappa shape index (κ3) is 3.02. The summed E-state index contributed by atoms with van der Waals surface area (Å²) in [7, 11) is 1.69. The molecule has 1 atom stereocenters. The maximum absolute atomic E-state index is 5.32. The molecule has 2 aromatic heterocycles. The van der Waals surface area contributed by atoms with Crippen molar-refractivity contribution in [1.82, 2.24) is 4.98 Å². The molecule has 0 unspecified atom stereocenters. The van der Waals surface area contributed by atoms with Gasteiger partial charge in [-0.25, -0.2) is 4.98 Å². The summed E-state index contributed by atoms with van der Waals surface area (Å²) in [5, 5.41) is 4.88. The summed E-state index contributed by atoms with van der Waals surface area (Å²) in [5.41, 5.74) is 4.74. The van der Waals surface area contributed by atoms with Crippen LogP contribution in [0.1, 0.15) is 22.9 Å². The number of H-pyrrole nitrogens is 2. The van der Waals surface area contributed by atoms with Crippen molar-refractivity contribution >= 4 is 16.7 Å². The molecule has 2 aromatic carbocycles. The van der Waals surface area contributed by atoms with Gasteiger partial charge in [-0.1, -0.05) is 36.4 Å². The number of nitrogens with one attached hydrogen (secondary N) is 3. The van der Waals surface area contributed by atoms with Gasteiger partial charge < -0.3 is 9.72 Å². The smallest absolute Gasteiger partial charge is 0.272 e. The summed E-state index contributed by atoms with van der Waals surface area (Å²) in [5.74, 6) is 1.83. The highest BCUT2D eigenvalue weighted by Crippen LogP contribution is 2.34. The number of pyridine rings is 1. The van der Waals surface area contributed by atoms with E-state index >= 15 is 0 Å². The molecule has 4 nitrogen and oxygen atoms in total. The van der Waals surface area contributed by atoms with Crippen molar-refractivity contribution < 1.29 is 9.72 Å². The lowest BCUT2D eigenvalue weighted by atomic mass is 9.96. The summed E-state index contributed by atoms with van der Waals surface area (Å²) in [4.78, 5) is 6.79. The standard InChI is InChI=1S/C22H21N3O/c1-15-21(18-7-3-4-8-19(18)24-15)22(25-20-9-5-6-14-23-20)16-10-12-17(26-2)13-11-16/h3-14,22,24H,1-2H3,(H,23,25)/p+1/t22-/m0/s1. The van der Waals surface area contributed by atoms with Crippen molar-refractivity contribution in [2.75, 3.05) is 12.4 Å². The first-order chi connectivity index (χ1) is 12.8. The summed E-state index contributed by atoms with van der Waals surface area (Å²) >= 11 is 0. The number of fused-ring (bicyclic) bond motifs is 1. The number of benzene rings is 2. The number of methoxy groups -OCH3 is 1. The molecule has 2 heterocycles. The second-order valence-electron chi connectivity index (χ2n) is 6.34. The Bertz CT molecular complexity index is 1010. The number of para-hydroxylation sites is 1. The van der Waals surface area contributed by atoms with Crippen molar-refractivity contribution in [2.45, 2.75) is 13.0 Å². The zero-order chi connectivity index (χ0) is 17.9. The van der Waals surface area contributed by atoms with E-state index in [0.717, 1.165) is 22.8 Å². The van der Waals surface area contributed by atoms with E-state index in [1.54, 1.807) is 7.11 Å². The molecule has 0 radical (unpaired) electrons. The molecule has 0 aliphatic carbocycles. The van der Waals surface area contributed by atoms with Crippen LogP contribution in [0.3, 0.4) is 0 Å². The molecule has 0 fully saturated rings. The van der Waals surface area contributed by atoms with Crippen LogP contribution in [0.25, 0.3) is 10.9 Å². The average molecular weight is 344 g/mol. The Labute approximate surface area is 152 Å². The van der Waals surface area contributed by atoms with Crippen LogP contribution in [-0.4, -0.2) is 12.1 Å². The van der Waals surface area contributed by atoms with Crippen molar-refractivity contribution in [1.29, 1.82) is 0 Å². The Kier molecular flexibility index (Phi) is 4.32. The number of aryl methyl sites for hydroxylation is 1. The zero-order valence-corrected chi connectivity index (χ0v) is 14.9. The summed E-state index contributed by atoms with van der Waals surface area (Å²) in [6.45, 7) is 2.13. The molecule has 0 aliphatic rings. The van der Waals surface area contributed by atoms with Gasteiger partial charge in [-0.3, -0.25) is 5.32 Å². The van der Waals surface area contributed by atoms with Gasteiger partial charge in [-0.15, -0.1) is 0 Å². The molecule has 0 amide bonds. The molecule has 4 aromatic rings. The first-order valence-electron chi connectivity index (χ1n) is 8.70. The molecular formula is C22H22N3O+. The fourth-order valence-corrected chi connectivity index (χ4v) is 3.43. The Balaban J connectivity index is 1.85.